The molecule has 3 aromatic rings. The van der Waals surface area contributed by atoms with Crippen LogP contribution in [0.4, 0.5) is 5.82 Å². The Balaban J connectivity index is 1.64. The number of rotatable bonds is 7. The molecule has 9 heteroatoms. The highest BCUT2D eigenvalue weighted by molar-refractivity contribution is 8.00. The average molecular weight is 373 g/mol. The maximum atomic E-state index is 12.3. The van der Waals surface area contributed by atoms with Crippen molar-refractivity contribution in [2.75, 3.05) is 5.32 Å². The van der Waals surface area contributed by atoms with E-state index < -0.39 is 5.25 Å². The minimum Gasteiger partial charge on any atom is -0.360 e. The van der Waals surface area contributed by atoms with Crippen LogP contribution in [0.25, 0.3) is 0 Å². The quantitative estimate of drug-likeness (QED) is 0.615. The van der Waals surface area contributed by atoms with Crippen LogP contribution in [0.5, 0.6) is 0 Å². The van der Waals surface area contributed by atoms with Gasteiger partial charge in [0, 0.05) is 12.6 Å². The molecule has 0 radical (unpaired) electrons. The molecule has 0 aliphatic rings. The Bertz CT molecular complexity index is 931. The Morgan fingerprint density at radius 3 is 2.85 bits per heavy atom. The minimum atomic E-state index is -0.460. The van der Waals surface area contributed by atoms with Crippen molar-refractivity contribution in [3.8, 4) is 0 Å². The van der Waals surface area contributed by atoms with E-state index in [4.69, 9.17) is 4.52 Å². The molecule has 8 nitrogen and oxygen atoms in total. The van der Waals surface area contributed by atoms with Crippen molar-refractivity contribution < 1.29 is 9.32 Å². The van der Waals surface area contributed by atoms with Crippen molar-refractivity contribution in [1.29, 1.82) is 0 Å². The molecule has 1 unspecified atom stereocenters. The highest BCUT2D eigenvalue weighted by Gasteiger charge is 2.20. The standard InChI is InChI=1S/C17H19N5O3S/c1-11-10-14(21-25-11)18-15(23)12(2)26-17-20-19-16(24)22(17)9-8-13-6-4-3-5-7-13/h3-7,10,12H,8-9H2,1-2H3,(H,19,24)(H,18,21,23). The van der Waals surface area contributed by atoms with E-state index in [1.807, 2.05) is 30.3 Å². The first-order valence-corrected chi connectivity index (χ1v) is 9.01. The van der Waals surface area contributed by atoms with Crippen LogP contribution in [0, 0.1) is 6.92 Å². The summed E-state index contributed by atoms with van der Waals surface area (Å²) in [6.07, 6.45) is 0.701. The van der Waals surface area contributed by atoms with Gasteiger partial charge in [-0.3, -0.25) is 9.36 Å². The lowest BCUT2D eigenvalue weighted by Crippen LogP contribution is -2.24. The fourth-order valence-corrected chi connectivity index (χ4v) is 3.22. The smallest absolute Gasteiger partial charge is 0.343 e. The zero-order valence-corrected chi connectivity index (χ0v) is 15.2. The minimum absolute atomic E-state index is 0.242. The maximum absolute atomic E-state index is 12.3. The van der Waals surface area contributed by atoms with Crippen LogP contribution in [-0.4, -0.2) is 31.1 Å². The van der Waals surface area contributed by atoms with Gasteiger partial charge >= 0.3 is 5.69 Å². The molecule has 0 spiro atoms. The summed E-state index contributed by atoms with van der Waals surface area (Å²) in [5.74, 6) is 0.736. The van der Waals surface area contributed by atoms with Gasteiger partial charge in [-0.15, -0.1) is 5.10 Å². The SMILES string of the molecule is Cc1cc(NC(=O)C(C)Sc2n[nH]c(=O)n2CCc2ccccc2)no1. The molecule has 0 aliphatic carbocycles. The van der Waals surface area contributed by atoms with Crippen molar-refractivity contribution in [3.63, 3.8) is 0 Å². The fraction of sp³-hybridized carbons (Fsp3) is 0.294. The summed E-state index contributed by atoms with van der Waals surface area (Å²) in [6.45, 7) is 3.97. The number of aromatic amines is 1. The second-order valence-electron chi connectivity index (χ2n) is 5.77. The summed E-state index contributed by atoms with van der Waals surface area (Å²) in [7, 11) is 0. The van der Waals surface area contributed by atoms with Crippen molar-refractivity contribution in [2.45, 2.75) is 37.2 Å². The van der Waals surface area contributed by atoms with Crippen LogP contribution in [0.1, 0.15) is 18.2 Å². The molecule has 2 aromatic heterocycles. The third-order valence-electron chi connectivity index (χ3n) is 3.72. The molecule has 0 saturated carbocycles. The van der Waals surface area contributed by atoms with Crippen LogP contribution < -0.4 is 11.0 Å². The average Bonchev–Trinajstić information content (AvgIpc) is 3.19. The van der Waals surface area contributed by atoms with Gasteiger partial charge in [0.05, 0.1) is 5.25 Å². The molecule has 0 bridgehead atoms. The summed E-state index contributed by atoms with van der Waals surface area (Å²) in [6, 6.07) is 11.5. The first-order valence-electron chi connectivity index (χ1n) is 8.13. The molecule has 2 heterocycles. The second-order valence-corrected chi connectivity index (χ2v) is 7.08. The molecular formula is C17H19N5O3S. The van der Waals surface area contributed by atoms with E-state index in [2.05, 4.69) is 20.7 Å². The van der Waals surface area contributed by atoms with Crippen molar-refractivity contribution in [2.24, 2.45) is 0 Å². The normalized spacial score (nSPS) is 12.1. The number of aromatic nitrogens is 4. The van der Waals surface area contributed by atoms with Gasteiger partial charge in [0.25, 0.3) is 0 Å². The van der Waals surface area contributed by atoms with Gasteiger partial charge in [-0.2, -0.15) is 0 Å². The summed E-state index contributed by atoms with van der Waals surface area (Å²) in [5, 5.41) is 12.9. The van der Waals surface area contributed by atoms with Crippen molar-refractivity contribution in [1.82, 2.24) is 19.9 Å². The van der Waals surface area contributed by atoms with Gasteiger partial charge in [-0.1, -0.05) is 47.3 Å². The Morgan fingerprint density at radius 2 is 2.15 bits per heavy atom. The van der Waals surface area contributed by atoms with Crippen molar-refractivity contribution >= 4 is 23.5 Å². The van der Waals surface area contributed by atoms with Crippen molar-refractivity contribution in [3.05, 3.63) is 58.2 Å². The summed E-state index contributed by atoms with van der Waals surface area (Å²) in [4.78, 5) is 24.3. The highest BCUT2D eigenvalue weighted by atomic mass is 32.2. The summed E-state index contributed by atoms with van der Waals surface area (Å²) < 4.78 is 6.47. The predicted molar refractivity (Wildman–Crippen MR) is 98.2 cm³/mol. The Morgan fingerprint density at radius 1 is 1.38 bits per heavy atom. The Labute approximate surface area is 154 Å². The number of anilines is 1. The molecular weight excluding hydrogens is 354 g/mol. The number of thioether (sulfide) groups is 1. The third-order valence-corrected chi connectivity index (χ3v) is 4.81. The lowest BCUT2D eigenvalue weighted by Gasteiger charge is -2.10. The zero-order chi connectivity index (χ0) is 18.5. The predicted octanol–water partition coefficient (Wildman–Crippen LogP) is 2.23. The van der Waals surface area contributed by atoms with Gasteiger partial charge < -0.3 is 9.84 Å². The largest absolute Gasteiger partial charge is 0.360 e. The molecule has 1 aromatic carbocycles. The van der Waals surface area contributed by atoms with E-state index in [0.29, 0.717) is 29.7 Å². The monoisotopic (exact) mass is 373 g/mol. The lowest BCUT2D eigenvalue weighted by atomic mass is 10.1. The van der Waals surface area contributed by atoms with Crippen LogP contribution >= 0.6 is 11.8 Å². The fourth-order valence-electron chi connectivity index (χ4n) is 2.34. The van der Waals surface area contributed by atoms with Crippen LogP contribution in [0.3, 0.4) is 0 Å². The van der Waals surface area contributed by atoms with Crippen LogP contribution in [0.2, 0.25) is 0 Å². The van der Waals surface area contributed by atoms with Crippen LogP contribution in [-0.2, 0) is 17.8 Å². The number of H-pyrrole nitrogens is 1. The number of carbonyl (C=O) groups is 1. The van der Waals surface area contributed by atoms with E-state index in [0.717, 1.165) is 5.56 Å². The van der Waals surface area contributed by atoms with Gasteiger partial charge in [0.1, 0.15) is 5.76 Å². The lowest BCUT2D eigenvalue weighted by molar-refractivity contribution is -0.115. The van der Waals surface area contributed by atoms with Gasteiger partial charge in [0.2, 0.25) is 5.91 Å². The highest BCUT2D eigenvalue weighted by Crippen LogP contribution is 2.21. The molecule has 136 valence electrons. The molecule has 0 aliphatic heterocycles. The van der Waals surface area contributed by atoms with Gasteiger partial charge in [0.15, 0.2) is 11.0 Å². The zero-order valence-electron chi connectivity index (χ0n) is 14.4. The first-order chi connectivity index (χ1) is 12.5. The van der Waals surface area contributed by atoms with E-state index in [1.54, 1.807) is 24.5 Å². The molecule has 1 atom stereocenters. The maximum Gasteiger partial charge on any atom is 0.343 e. The Hall–Kier alpha value is -2.81. The number of carbonyl (C=O) groups excluding carboxylic acids is 1. The van der Waals surface area contributed by atoms with E-state index >= 15 is 0 Å². The first kappa shape index (κ1) is 18.0. The van der Waals surface area contributed by atoms with E-state index in [-0.39, 0.29) is 11.6 Å². The number of hydrogen-bond acceptors (Lipinski definition) is 6. The molecule has 26 heavy (non-hydrogen) atoms. The molecule has 3 rings (SSSR count). The molecule has 1 amide bonds. The summed E-state index contributed by atoms with van der Waals surface area (Å²) in [5.41, 5.74) is 0.840. The van der Waals surface area contributed by atoms with Gasteiger partial charge in [-0.05, 0) is 25.8 Å². The summed E-state index contributed by atoms with van der Waals surface area (Å²) >= 11 is 1.21. The number of nitrogens with zero attached hydrogens (tertiary/aromatic N) is 3. The Kier molecular flexibility index (Phi) is 5.57. The second kappa shape index (κ2) is 8.05. The molecule has 0 saturated heterocycles. The number of nitrogens with one attached hydrogen (secondary N) is 2. The number of hydrogen-bond donors (Lipinski definition) is 2. The van der Waals surface area contributed by atoms with E-state index in [1.165, 1.54) is 11.8 Å². The number of benzene rings is 1. The van der Waals surface area contributed by atoms with Gasteiger partial charge in [-0.25, -0.2) is 9.89 Å². The molecule has 2 N–H and O–H groups in total. The number of amides is 1. The third kappa shape index (κ3) is 4.42. The van der Waals surface area contributed by atoms with Crippen LogP contribution in [0.15, 0.2) is 50.9 Å². The topological polar surface area (TPSA) is 106 Å². The number of aryl methyl sites for hydroxylation is 2. The molecule has 0 fully saturated rings. The van der Waals surface area contributed by atoms with E-state index in [9.17, 15) is 9.59 Å².